The number of nitrogens with zero attached hydrogens (tertiary/aromatic N) is 7. The Labute approximate surface area is 294 Å². The van der Waals surface area contributed by atoms with Crippen molar-refractivity contribution in [1.29, 1.82) is 0 Å². The number of rotatable bonds is 3. The van der Waals surface area contributed by atoms with Crippen LogP contribution < -0.4 is 5.46 Å². The lowest BCUT2D eigenvalue weighted by Crippen LogP contribution is -2.41. The third kappa shape index (κ3) is 7.36. The van der Waals surface area contributed by atoms with E-state index in [4.69, 9.17) is 13.9 Å². The molecular formula is C34H32BBr2N7O4. The van der Waals surface area contributed by atoms with Crippen LogP contribution in [0.25, 0.3) is 44.3 Å². The molecule has 1 aliphatic rings. The minimum absolute atomic E-state index is 0. The molecule has 244 valence electrons. The molecule has 0 unspecified atom stereocenters. The van der Waals surface area contributed by atoms with Gasteiger partial charge in [-0.2, -0.15) is 0 Å². The smallest absolute Gasteiger partial charge is 0.399 e. The Hall–Kier alpha value is -4.37. The lowest BCUT2D eigenvalue weighted by Gasteiger charge is -2.32. The molecule has 2 aromatic carbocycles. The average Bonchev–Trinajstić information content (AvgIpc) is 3.83. The van der Waals surface area contributed by atoms with Crippen molar-refractivity contribution >= 4 is 66.5 Å². The van der Waals surface area contributed by atoms with E-state index in [-0.39, 0.29) is 25.7 Å². The van der Waals surface area contributed by atoms with Gasteiger partial charge in [0.15, 0.2) is 11.0 Å². The largest absolute Gasteiger partial charge is 0.494 e. The van der Waals surface area contributed by atoms with E-state index in [2.05, 4.69) is 72.1 Å². The van der Waals surface area contributed by atoms with Gasteiger partial charge < -0.3 is 9.31 Å². The number of aromatic nitrogens is 7. The Balaban J connectivity index is 0.000000147. The van der Waals surface area contributed by atoms with Gasteiger partial charge in [-0.3, -0.25) is 15.0 Å². The quantitative estimate of drug-likeness (QED) is 0.161. The highest BCUT2D eigenvalue weighted by Gasteiger charge is 2.51. The van der Waals surface area contributed by atoms with Crippen molar-refractivity contribution in [1.82, 2.24) is 35.6 Å². The normalized spacial score (nSPS) is 14.4. The molecule has 5 aromatic heterocycles. The van der Waals surface area contributed by atoms with Crippen LogP contribution in [-0.2, 0) is 9.31 Å². The molecule has 0 spiro atoms. The maximum Gasteiger partial charge on any atom is 0.494 e. The summed E-state index contributed by atoms with van der Waals surface area (Å²) in [6.45, 7) is 8.20. The molecule has 0 radical (unpaired) electrons. The van der Waals surface area contributed by atoms with E-state index in [1.807, 2.05) is 88.4 Å². The summed E-state index contributed by atoms with van der Waals surface area (Å²) < 4.78 is 23.1. The third-order valence-corrected chi connectivity index (χ3v) is 9.23. The summed E-state index contributed by atoms with van der Waals surface area (Å²) in [5, 5.41) is 15.6. The minimum Gasteiger partial charge on any atom is -0.399 e. The van der Waals surface area contributed by atoms with Crippen molar-refractivity contribution in [2.75, 3.05) is 0 Å². The van der Waals surface area contributed by atoms with Gasteiger partial charge in [-0.15, -0.1) is 0 Å². The summed E-state index contributed by atoms with van der Waals surface area (Å²) in [5.74, 6) is 0. The van der Waals surface area contributed by atoms with Crippen molar-refractivity contribution in [2.45, 2.75) is 46.3 Å². The summed E-state index contributed by atoms with van der Waals surface area (Å²) in [6.07, 6.45) is 10.5. The molecule has 14 heteroatoms. The van der Waals surface area contributed by atoms with Crippen LogP contribution in [0.3, 0.4) is 0 Å². The van der Waals surface area contributed by atoms with E-state index in [0.29, 0.717) is 0 Å². The Morgan fingerprint density at radius 3 is 1.25 bits per heavy atom. The predicted molar refractivity (Wildman–Crippen MR) is 192 cm³/mol. The maximum absolute atomic E-state index is 5.90. The molecule has 0 N–H and O–H groups in total. The van der Waals surface area contributed by atoms with Crippen molar-refractivity contribution in [2.24, 2.45) is 0 Å². The van der Waals surface area contributed by atoms with Crippen molar-refractivity contribution < 1.29 is 18.6 Å². The molecule has 0 amide bonds. The van der Waals surface area contributed by atoms with Gasteiger partial charge >= 0.3 is 7.12 Å². The lowest BCUT2D eigenvalue weighted by molar-refractivity contribution is 0.00578. The van der Waals surface area contributed by atoms with Gasteiger partial charge in [-0.25, -0.2) is 9.26 Å². The van der Waals surface area contributed by atoms with Crippen LogP contribution >= 0.6 is 31.9 Å². The molecule has 0 bridgehead atoms. The first-order valence-electron chi connectivity index (χ1n) is 14.5. The van der Waals surface area contributed by atoms with Gasteiger partial charge in [0, 0.05) is 57.3 Å². The van der Waals surface area contributed by atoms with Gasteiger partial charge in [-0.05, 0) is 145 Å². The fourth-order valence-corrected chi connectivity index (χ4v) is 5.49. The monoisotopic (exact) mass is 771 g/mol. The number of hydrogen-bond acceptors (Lipinski definition) is 11. The highest BCUT2D eigenvalue weighted by Crippen LogP contribution is 2.36. The third-order valence-electron chi connectivity index (χ3n) is 7.95. The second-order valence-electron chi connectivity index (χ2n) is 11.5. The molecule has 11 nitrogen and oxygen atoms in total. The van der Waals surface area contributed by atoms with E-state index < -0.39 is 0 Å². The Bertz CT molecular complexity index is 1970. The van der Waals surface area contributed by atoms with E-state index in [9.17, 15) is 0 Å². The fourth-order valence-electron chi connectivity index (χ4n) is 4.70. The maximum atomic E-state index is 5.90. The van der Waals surface area contributed by atoms with E-state index in [1.165, 1.54) is 0 Å². The molecule has 1 fully saturated rings. The average molecular weight is 773 g/mol. The summed E-state index contributed by atoms with van der Waals surface area (Å²) in [4.78, 5) is 12.1. The Morgan fingerprint density at radius 2 is 0.854 bits per heavy atom. The van der Waals surface area contributed by atoms with E-state index >= 15 is 0 Å². The molecular weight excluding hydrogens is 741 g/mol. The molecule has 0 atom stereocenters. The van der Waals surface area contributed by atoms with Gasteiger partial charge in [-0.1, -0.05) is 19.6 Å². The van der Waals surface area contributed by atoms with Crippen LogP contribution in [0.15, 0.2) is 116 Å². The van der Waals surface area contributed by atoms with Gasteiger partial charge in [0.1, 0.15) is 11.0 Å². The highest BCUT2D eigenvalue weighted by atomic mass is 79.9. The summed E-state index contributed by atoms with van der Waals surface area (Å²) >= 11 is 6.65. The van der Waals surface area contributed by atoms with E-state index in [0.717, 1.165) is 58.7 Å². The van der Waals surface area contributed by atoms with Gasteiger partial charge in [0.25, 0.3) is 0 Å². The fraction of sp³-hybridized carbons (Fsp3) is 0.206. The molecule has 48 heavy (non-hydrogen) atoms. The van der Waals surface area contributed by atoms with Gasteiger partial charge in [0.2, 0.25) is 0 Å². The molecule has 7 aromatic rings. The zero-order chi connectivity index (χ0) is 33.0. The number of pyridine rings is 3. The van der Waals surface area contributed by atoms with E-state index in [1.54, 1.807) is 37.2 Å². The first-order valence-corrected chi connectivity index (χ1v) is 16.1. The lowest BCUT2D eigenvalue weighted by atomic mass is 9.80. The Kier molecular flexibility index (Phi) is 10.8. The Morgan fingerprint density at radius 1 is 0.500 bits per heavy atom. The minimum atomic E-state index is -0.280. The molecule has 1 saturated heterocycles. The van der Waals surface area contributed by atoms with Crippen LogP contribution in [0.1, 0.15) is 35.1 Å². The second-order valence-corrected chi connectivity index (χ2v) is 13.2. The van der Waals surface area contributed by atoms with Crippen LogP contribution in [0.2, 0.25) is 0 Å². The zero-order valence-corrected chi connectivity index (χ0v) is 29.0. The molecule has 0 saturated carbocycles. The zero-order valence-electron chi connectivity index (χ0n) is 25.8. The predicted octanol–water partition coefficient (Wildman–Crippen LogP) is 8.11. The topological polar surface area (TPSA) is 135 Å². The number of fused-ring (bicyclic) bond motifs is 2. The van der Waals surface area contributed by atoms with Crippen LogP contribution in [-0.4, -0.2) is 53.9 Å². The standard InChI is InChI=1S/C16H10N4O.C11H16BNO2.C6H2Br2N2O.CH4/c1-2-14(12-5-9-18-10-6-12)16-15(19-21-20-16)13(1)11-3-7-17-8-4-11;1-10(2)11(3,4)15-12(14-10)9-5-7-13-8-6-9;7-3-1-2-4(8)6-5(3)9-11-10-6;/h1-10H;5-8H,1-4H3;1-2H;1H4. The van der Waals surface area contributed by atoms with Crippen molar-refractivity contribution in [3.8, 4) is 22.3 Å². The summed E-state index contributed by atoms with van der Waals surface area (Å²) in [6, 6.07) is 19.4. The number of benzene rings is 2. The molecule has 0 aliphatic carbocycles. The summed E-state index contributed by atoms with van der Waals surface area (Å²) in [5.41, 5.74) is 7.45. The summed E-state index contributed by atoms with van der Waals surface area (Å²) in [7, 11) is -0.280. The molecule has 8 rings (SSSR count). The van der Waals surface area contributed by atoms with Crippen LogP contribution in [0.5, 0.6) is 0 Å². The first-order chi connectivity index (χ1) is 22.6. The molecule has 6 heterocycles. The second kappa shape index (κ2) is 14.8. The van der Waals surface area contributed by atoms with Crippen molar-refractivity contribution in [3.63, 3.8) is 0 Å². The van der Waals surface area contributed by atoms with Crippen LogP contribution in [0, 0.1) is 0 Å². The van der Waals surface area contributed by atoms with Gasteiger partial charge in [0.05, 0.1) is 11.2 Å². The number of halogens is 2. The molecule has 1 aliphatic heterocycles. The SMILES string of the molecule is Brc1ccc(Br)c2nonc12.C.CC1(C)OB(c2ccncc2)OC1(C)C.c1cc(-c2ccc(-c3ccncc3)c3nonc23)ccn1. The first kappa shape index (κ1) is 35.0. The van der Waals surface area contributed by atoms with Crippen LogP contribution in [0.4, 0.5) is 0 Å². The van der Waals surface area contributed by atoms with Crippen molar-refractivity contribution in [3.05, 3.63) is 107 Å². The highest BCUT2D eigenvalue weighted by molar-refractivity contribution is 9.11. The number of hydrogen-bond donors (Lipinski definition) is 0.